The van der Waals surface area contributed by atoms with Crippen LogP contribution in [-0.2, 0) is 14.3 Å². The predicted octanol–water partition coefficient (Wildman–Crippen LogP) is 3.01. The second-order valence-electron chi connectivity index (χ2n) is 8.26. The van der Waals surface area contributed by atoms with Gasteiger partial charge in [-0.15, -0.1) is 0 Å². The van der Waals surface area contributed by atoms with Gasteiger partial charge >= 0.3 is 0 Å². The Hall–Kier alpha value is -3.96. The van der Waals surface area contributed by atoms with Gasteiger partial charge in [0.05, 0.1) is 25.2 Å². The number of nitrogens with one attached hydrogen (secondary N) is 1. The van der Waals surface area contributed by atoms with E-state index in [1.54, 1.807) is 35.2 Å². The van der Waals surface area contributed by atoms with Crippen LogP contribution in [0.2, 0.25) is 0 Å². The van der Waals surface area contributed by atoms with Crippen molar-refractivity contribution < 1.29 is 23.8 Å². The number of para-hydroxylation sites is 1. The molecule has 11 heteroatoms. The number of hydrazone groups is 1. The van der Waals surface area contributed by atoms with Crippen LogP contribution in [0.4, 0.5) is 0 Å². The van der Waals surface area contributed by atoms with Gasteiger partial charge in [0.1, 0.15) is 29.8 Å². The average molecular weight is 520 g/mol. The van der Waals surface area contributed by atoms with E-state index in [0.29, 0.717) is 55.5 Å². The monoisotopic (exact) mass is 519 g/mol. The van der Waals surface area contributed by atoms with E-state index in [9.17, 15) is 9.59 Å². The number of nitrogens with zero attached hydrogens (tertiary/aromatic N) is 4. The zero-order valence-corrected chi connectivity index (χ0v) is 20.8. The van der Waals surface area contributed by atoms with Crippen molar-refractivity contribution in [3.8, 4) is 11.5 Å². The molecular weight excluding hydrogens is 494 g/mol. The molecule has 0 radical (unpaired) electrons. The van der Waals surface area contributed by atoms with Crippen LogP contribution >= 0.6 is 11.8 Å². The summed E-state index contributed by atoms with van der Waals surface area (Å²) >= 11 is 1.14. The molecule has 0 aliphatic carbocycles. The molecule has 0 bridgehead atoms. The molecule has 3 heterocycles. The summed E-state index contributed by atoms with van der Waals surface area (Å²) in [4.78, 5) is 31.1. The van der Waals surface area contributed by atoms with E-state index in [2.05, 4.69) is 10.1 Å². The number of rotatable bonds is 8. The third-order valence-corrected chi connectivity index (χ3v) is 6.63. The van der Waals surface area contributed by atoms with E-state index in [-0.39, 0.29) is 23.7 Å². The molecule has 2 amide bonds. The van der Waals surface area contributed by atoms with Crippen LogP contribution in [-0.4, -0.2) is 77.3 Å². The lowest BCUT2D eigenvalue weighted by Crippen LogP contribution is -2.41. The topological polar surface area (TPSA) is 117 Å². The molecular formula is C26H25N5O5S. The molecule has 190 valence electrons. The van der Waals surface area contributed by atoms with Gasteiger partial charge in [0.2, 0.25) is 11.1 Å². The molecule has 2 aromatic carbocycles. The highest BCUT2D eigenvalue weighted by atomic mass is 32.2. The van der Waals surface area contributed by atoms with Crippen LogP contribution in [0.5, 0.6) is 11.5 Å². The molecule has 37 heavy (non-hydrogen) atoms. The zero-order chi connectivity index (χ0) is 25.6. The minimum absolute atomic E-state index is 0.0578. The summed E-state index contributed by atoms with van der Waals surface area (Å²) in [5.74, 6) is 0.805. The Bertz CT molecular complexity index is 1270. The molecule has 1 fully saturated rings. The van der Waals surface area contributed by atoms with Crippen molar-refractivity contribution >= 4 is 45.7 Å². The molecule has 1 N–H and O–H groups in total. The minimum atomic E-state index is -0.516. The number of hydrogen-bond acceptors (Lipinski definition) is 8. The maximum Gasteiger partial charge on any atom is 0.283 e. The van der Waals surface area contributed by atoms with Gasteiger partial charge in [-0.3, -0.25) is 15.0 Å². The maximum absolute atomic E-state index is 12.7. The Balaban J connectivity index is 1.18. The first kappa shape index (κ1) is 24.7. The molecule has 10 nitrogen and oxygen atoms in total. The number of aliphatic imine (C=N–C) groups is 1. The Kier molecular flexibility index (Phi) is 7.62. The third-order valence-electron chi connectivity index (χ3n) is 5.72. The highest BCUT2D eigenvalue weighted by Crippen LogP contribution is 2.30. The fraction of sp³-hybridized carbons (Fsp3) is 0.269. The number of benzene rings is 2. The fourth-order valence-electron chi connectivity index (χ4n) is 3.82. The summed E-state index contributed by atoms with van der Waals surface area (Å²) in [5, 5.41) is 15.0. The third kappa shape index (κ3) is 6.07. The predicted molar refractivity (Wildman–Crippen MR) is 141 cm³/mol. The van der Waals surface area contributed by atoms with Crippen LogP contribution in [0, 0.1) is 5.41 Å². The smallest absolute Gasteiger partial charge is 0.283 e. The van der Waals surface area contributed by atoms with Gasteiger partial charge < -0.3 is 19.1 Å². The number of carbonyl (C=O) groups is 2. The average Bonchev–Trinajstić information content (AvgIpc) is 3.33. The Morgan fingerprint density at radius 1 is 1.03 bits per heavy atom. The molecule has 3 aliphatic heterocycles. The normalized spacial score (nSPS) is 18.4. The quantitative estimate of drug-likeness (QED) is 0.421. The summed E-state index contributed by atoms with van der Waals surface area (Å²) in [6.07, 6.45) is 1.70. The van der Waals surface area contributed by atoms with Gasteiger partial charge in [-0.05, 0) is 47.7 Å². The highest BCUT2D eigenvalue weighted by Gasteiger charge is 2.36. The lowest BCUT2D eigenvalue weighted by atomic mass is 10.1. The second kappa shape index (κ2) is 11.4. The van der Waals surface area contributed by atoms with Crippen molar-refractivity contribution in [3.63, 3.8) is 0 Å². The van der Waals surface area contributed by atoms with Crippen molar-refractivity contribution in [2.45, 2.75) is 6.42 Å². The van der Waals surface area contributed by atoms with Gasteiger partial charge in [0.15, 0.2) is 5.84 Å². The van der Waals surface area contributed by atoms with Crippen molar-refractivity contribution in [1.82, 2.24) is 9.91 Å². The fourth-order valence-corrected chi connectivity index (χ4v) is 4.70. The van der Waals surface area contributed by atoms with Gasteiger partial charge in [-0.1, -0.05) is 30.3 Å². The van der Waals surface area contributed by atoms with Crippen molar-refractivity contribution in [3.05, 3.63) is 65.7 Å². The number of morpholine rings is 1. The van der Waals surface area contributed by atoms with E-state index in [4.69, 9.17) is 19.6 Å². The van der Waals surface area contributed by atoms with Gasteiger partial charge in [-0.2, -0.15) is 15.1 Å². The minimum Gasteiger partial charge on any atom is -0.490 e. The number of amides is 2. The van der Waals surface area contributed by atoms with Crippen LogP contribution in [0.25, 0.3) is 6.08 Å². The molecule has 0 saturated carbocycles. The van der Waals surface area contributed by atoms with E-state index in [0.717, 1.165) is 23.1 Å². The number of fused-ring (bicyclic) bond motifs is 1. The second-order valence-corrected chi connectivity index (χ2v) is 9.30. The zero-order valence-electron chi connectivity index (χ0n) is 20.0. The Morgan fingerprint density at radius 2 is 1.70 bits per heavy atom. The van der Waals surface area contributed by atoms with Crippen molar-refractivity contribution in [2.75, 3.05) is 39.5 Å². The Labute approximate surface area is 218 Å². The number of amidine groups is 2. The lowest BCUT2D eigenvalue weighted by Gasteiger charge is -2.26. The summed E-state index contributed by atoms with van der Waals surface area (Å²) in [6, 6.07) is 16.7. The molecule has 0 atom stereocenters. The first-order valence-corrected chi connectivity index (χ1v) is 12.6. The standard InChI is InChI=1S/C26H25N5O5S/c27-24-21(16-18-6-8-20(9-7-18)36-15-14-35-19-4-2-1-3-5-19)25(33)28-26-31(24)29-22(37-26)17-23(32)30-10-12-34-13-11-30/h1-9,16,27H,10-15,17H2. The summed E-state index contributed by atoms with van der Waals surface area (Å²) < 4.78 is 16.6. The van der Waals surface area contributed by atoms with Crippen LogP contribution < -0.4 is 9.47 Å². The number of ether oxygens (including phenoxy) is 3. The molecule has 0 spiro atoms. The number of carbonyl (C=O) groups excluding carboxylic acids is 2. The summed E-state index contributed by atoms with van der Waals surface area (Å²) in [5.41, 5.74) is 0.844. The van der Waals surface area contributed by atoms with Gasteiger partial charge in [0.25, 0.3) is 5.91 Å². The van der Waals surface area contributed by atoms with Crippen LogP contribution in [0.3, 0.4) is 0 Å². The van der Waals surface area contributed by atoms with Crippen molar-refractivity contribution in [1.29, 1.82) is 5.41 Å². The largest absolute Gasteiger partial charge is 0.490 e. The summed E-state index contributed by atoms with van der Waals surface area (Å²) in [7, 11) is 0. The van der Waals surface area contributed by atoms with E-state index in [1.165, 1.54) is 5.01 Å². The molecule has 3 aliphatic rings. The lowest BCUT2D eigenvalue weighted by molar-refractivity contribution is -0.133. The molecule has 5 rings (SSSR count). The van der Waals surface area contributed by atoms with E-state index < -0.39 is 5.91 Å². The number of hydrogen-bond donors (Lipinski definition) is 1. The van der Waals surface area contributed by atoms with E-state index in [1.807, 2.05) is 30.3 Å². The van der Waals surface area contributed by atoms with Crippen molar-refractivity contribution in [2.24, 2.45) is 10.1 Å². The molecule has 2 aromatic rings. The van der Waals surface area contributed by atoms with Gasteiger partial charge in [-0.25, -0.2) is 0 Å². The highest BCUT2D eigenvalue weighted by molar-refractivity contribution is 8.27. The Morgan fingerprint density at radius 3 is 2.41 bits per heavy atom. The molecule has 0 unspecified atom stereocenters. The van der Waals surface area contributed by atoms with Crippen LogP contribution in [0.15, 0.2) is 70.3 Å². The summed E-state index contributed by atoms with van der Waals surface area (Å²) in [6.45, 7) is 2.94. The van der Waals surface area contributed by atoms with Crippen LogP contribution in [0.1, 0.15) is 12.0 Å². The van der Waals surface area contributed by atoms with E-state index >= 15 is 0 Å². The first-order chi connectivity index (χ1) is 18.1. The molecule has 1 saturated heterocycles. The number of thioether (sulfide) groups is 1. The van der Waals surface area contributed by atoms with Gasteiger partial charge in [0, 0.05) is 13.1 Å². The maximum atomic E-state index is 12.7. The first-order valence-electron chi connectivity index (χ1n) is 11.8. The SMILES string of the molecule is N=C1C(=Cc2ccc(OCCOc3ccccc3)cc2)C(=O)N=C2SC(CC(=O)N3CCOCC3)=NN12. The molecule has 0 aromatic heterocycles.